The Hall–Kier alpha value is -0.860. The van der Waals surface area contributed by atoms with E-state index in [4.69, 9.17) is 5.11 Å². The molecule has 0 bridgehead atoms. The van der Waals surface area contributed by atoms with E-state index in [1.165, 1.54) is 7.51 Å². The summed E-state index contributed by atoms with van der Waals surface area (Å²) in [5.41, 5.74) is 0.988. The Labute approximate surface area is 94.3 Å². The Bertz CT molecular complexity index is 372. The van der Waals surface area contributed by atoms with Crippen LogP contribution in [0.3, 0.4) is 0 Å². The van der Waals surface area contributed by atoms with E-state index in [0.717, 1.165) is 5.56 Å². The van der Waals surface area contributed by atoms with Gasteiger partial charge in [0.05, 0.1) is 13.7 Å². The van der Waals surface area contributed by atoms with Crippen molar-refractivity contribution in [3.05, 3.63) is 29.8 Å². The van der Waals surface area contributed by atoms with Gasteiger partial charge in [0.1, 0.15) is 5.75 Å². The van der Waals surface area contributed by atoms with Gasteiger partial charge in [0.2, 0.25) is 0 Å². The van der Waals surface area contributed by atoms with E-state index in [9.17, 15) is 0 Å². The lowest BCUT2D eigenvalue weighted by molar-refractivity contribution is 0.475. The molecule has 3 nitrogen and oxygen atoms in total. The summed E-state index contributed by atoms with van der Waals surface area (Å²) in [4.78, 5) is 0. The molecule has 0 saturated carbocycles. The normalized spacial score (nSPS) is 11.5. The molecular weight excluding hydrogens is 227 g/mol. The Kier molecular flexibility index (Phi) is 4.79. The highest BCUT2D eigenvalue weighted by atomic mass is 32.5. The van der Waals surface area contributed by atoms with Gasteiger partial charge in [0.15, 0.2) is 0 Å². The average molecular weight is 242 g/mol. The van der Waals surface area contributed by atoms with Crippen LogP contribution in [-0.2, 0) is 10.1 Å². The Balaban J connectivity index is 2.65. The number of phenolic OH excluding ortho intramolecular Hbond substituents is 1. The highest BCUT2D eigenvalue weighted by molar-refractivity contribution is 8.19. The van der Waals surface area contributed by atoms with Crippen LogP contribution in [0.15, 0.2) is 29.4 Å². The monoisotopic (exact) mass is 242 g/mol. The van der Waals surface area contributed by atoms with E-state index in [1.807, 2.05) is 24.0 Å². The van der Waals surface area contributed by atoms with Gasteiger partial charge in [-0.3, -0.25) is 0 Å². The molecule has 0 aliphatic rings. The Morgan fingerprint density at radius 2 is 1.93 bits per heavy atom. The van der Waals surface area contributed by atoms with Gasteiger partial charge in [0, 0.05) is 7.05 Å². The lowest BCUT2D eigenvalue weighted by Gasteiger charge is -2.05. The topological polar surface area (TPSA) is 35.8 Å². The van der Waals surface area contributed by atoms with E-state index in [0.29, 0.717) is 10.1 Å². The van der Waals surface area contributed by atoms with Crippen molar-refractivity contribution in [3.63, 3.8) is 0 Å². The molecule has 0 aliphatic heterocycles. The van der Waals surface area contributed by atoms with Crippen molar-refractivity contribution in [2.45, 2.75) is 0 Å². The minimum absolute atomic E-state index is 0.280. The molecule has 0 fully saturated rings. The van der Waals surface area contributed by atoms with Crippen molar-refractivity contribution in [3.8, 4) is 5.75 Å². The van der Waals surface area contributed by atoms with Crippen molar-refractivity contribution in [2.75, 3.05) is 19.6 Å². The molecule has 1 rings (SSSR count). The van der Waals surface area contributed by atoms with Crippen LogP contribution < -0.4 is 0 Å². The lowest BCUT2D eigenvalue weighted by Crippen LogP contribution is -1.96. The van der Waals surface area contributed by atoms with Crippen molar-refractivity contribution in [1.82, 2.24) is 4.78 Å². The summed E-state index contributed by atoms with van der Waals surface area (Å²) in [6, 6.07) is 6.98. The van der Waals surface area contributed by atoms with Crippen LogP contribution in [0.5, 0.6) is 5.75 Å². The first-order valence-corrected chi connectivity index (χ1v) is 7.93. The Morgan fingerprint density at radius 1 is 1.33 bits per heavy atom. The number of hydrogen-bond acceptors (Lipinski definition) is 2. The second-order valence-electron chi connectivity index (χ2n) is 3.18. The molecule has 0 amide bonds. The first kappa shape index (κ1) is 12.2. The lowest BCUT2D eigenvalue weighted by atomic mass is 10.2. The van der Waals surface area contributed by atoms with Gasteiger partial charge in [-0.25, -0.2) is 4.78 Å². The van der Waals surface area contributed by atoms with Crippen LogP contribution in [0.25, 0.3) is 0 Å². The summed E-state index contributed by atoms with van der Waals surface area (Å²) in [5.74, 6) is 0.280. The molecule has 1 aromatic carbocycles. The number of hydrogen-bond donors (Lipinski definition) is 1. The van der Waals surface area contributed by atoms with Crippen molar-refractivity contribution in [1.29, 1.82) is 0 Å². The van der Waals surface area contributed by atoms with Crippen LogP contribution in [0, 0.1) is 0 Å². The molecule has 0 saturated heterocycles. The van der Waals surface area contributed by atoms with Gasteiger partial charge in [-0.2, -0.15) is 5.10 Å². The number of rotatable bonds is 3. The standard InChI is InChI=1S/C10H15N2OPS/c1-12(14-15(2)3)11-8-9-4-6-10(13)7-5-9/h4-8,13H,1-3H3/b11-8+. The Morgan fingerprint density at radius 3 is 2.47 bits per heavy atom. The zero-order chi connectivity index (χ0) is 11.3. The number of aromatic hydroxyl groups is 1. The quantitative estimate of drug-likeness (QED) is 0.501. The smallest absolute Gasteiger partial charge is 0.115 e. The maximum Gasteiger partial charge on any atom is 0.115 e. The zero-order valence-electron chi connectivity index (χ0n) is 9.08. The molecule has 0 unspecified atom stereocenters. The SMILES string of the molecule is CN(/N=C/c1ccc(O)cc1)P=S(C)C. The van der Waals surface area contributed by atoms with E-state index in [1.54, 1.807) is 18.3 Å². The highest BCUT2D eigenvalue weighted by Gasteiger charge is 1.90. The van der Waals surface area contributed by atoms with Crippen LogP contribution in [0.4, 0.5) is 0 Å². The number of nitrogens with zero attached hydrogens (tertiary/aromatic N) is 2. The summed E-state index contributed by atoms with van der Waals surface area (Å²) < 4.78 is 1.90. The van der Waals surface area contributed by atoms with E-state index in [2.05, 4.69) is 17.6 Å². The fraction of sp³-hybridized carbons (Fsp3) is 0.300. The zero-order valence-corrected chi connectivity index (χ0v) is 10.8. The molecule has 82 valence electrons. The van der Waals surface area contributed by atoms with Crippen molar-refractivity contribution >= 4 is 23.8 Å². The van der Waals surface area contributed by atoms with Crippen molar-refractivity contribution < 1.29 is 5.11 Å². The molecule has 0 atom stereocenters. The summed E-state index contributed by atoms with van der Waals surface area (Å²) in [5, 5.41) is 13.4. The van der Waals surface area contributed by atoms with Gasteiger partial charge >= 0.3 is 0 Å². The summed E-state index contributed by atoms with van der Waals surface area (Å²) in [6.07, 6.45) is 6.14. The predicted molar refractivity (Wildman–Crippen MR) is 69.6 cm³/mol. The third kappa shape index (κ3) is 4.96. The van der Waals surface area contributed by atoms with Crippen LogP contribution in [-0.4, -0.2) is 35.7 Å². The minimum atomic E-state index is 0.280. The summed E-state index contributed by atoms with van der Waals surface area (Å²) >= 11 is 0. The molecule has 0 radical (unpaired) electrons. The first-order chi connectivity index (χ1) is 7.08. The van der Waals surface area contributed by atoms with E-state index in [-0.39, 0.29) is 5.75 Å². The number of hydrazone groups is 1. The maximum absolute atomic E-state index is 9.10. The van der Waals surface area contributed by atoms with Crippen LogP contribution >= 0.6 is 7.51 Å². The largest absolute Gasteiger partial charge is 0.508 e. The minimum Gasteiger partial charge on any atom is -0.508 e. The summed E-state index contributed by atoms with van der Waals surface area (Å²) in [7, 11) is 3.50. The molecule has 5 heteroatoms. The number of benzene rings is 1. The second kappa shape index (κ2) is 5.89. The fourth-order valence-corrected chi connectivity index (χ4v) is 3.08. The molecule has 0 aromatic heterocycles. The molecule has 0 aliphatic carbocycles. The third-order valence-electron chi connectivity index (χ3n) is 1.55. The van der Waals surface area contributed by atoms with Crippen LogP contribution in [0.2, 0.25) is 0 Å². The highest BCUT2D eigenvalue weighted by Crippen LogP contribution is 2.10. The maximum atomic E-state index is 9.10. The third-order valence-corrected chi connectivity index (χ3v) is 3.90. The average Bonchev–Trinajstić information content (AvgIpc) is 2.16. The van der Waals surface area contributed by atoms with Crippen molar-refractivity contribution in [2.24, 2.45) is 5.10 Å². The molecule has 0 spiro atoms. The number of phenols is 1. The second-order valence-corrected chi connectivity index (χ2v) is 8.15. The van der Waals surface area contributed by atoms with Gasteiger partial charge in [-0.1, -0.05) is 0 Å². The predicted octanol–water partition coefficient (Wildman–Crippen LogP) is 2.31. The molecular formula is C10H15N2OPS. The molecule has 0 heterocycles. The first-order valence-electron chi connectivity index (χ1n) is 4.44. The molecule has 1 aromatic rings. The van der Waals surface area contributed by atoms with Gasteiger partial charge in [0.25, 0.3) is 0 Å². The van der Waals surface area contributed by atoms with Gasteiger partial charge in [-0.15, -0.1) is 10.1 Å². The molecule has 1 N–H and O–H groups in total. The fourth-order valence-electron chi connectivity index (χ4n) is 0.968. The van der Waals surface area contributed by atoms with E-state index >= 15 is 0 Å². The summed E-state index contributed by atoms with van der Waals surface area (Å²) in [6.45, 7) is 0. The van der Waals surface area contributed by atoms with E-state index < -0.39 is 0 Å². The van der Waals surface area contributed by atoms with Gasteiger partial charge < -0.3 is 5.11 Å². The molecule has 15 heavy (non-hydrogen) atoms. The van der Waals surface area contributed by atoms with Crippen LogP contribution in [0.1, 0.15) is 5.56 Å². The van der Waals surface area contributed by atoms with Gasteiger partial charge in [-0.05, 0) is 42.3 Å².